The normalized spacial score (nSPS) is 12.1. The maximum Gasteiger partial charge on any atom is 0.180 e. The molecule has 0 spiro atoms. The third-order valence-electron chi connectivity index (χ3n) is 1.90. The summed E-state index contributed by atoms with van der Waals surface area (Å²) < 4.78 is 0.925. The van der Waals surface area contributed by atoms with E-state index in [1.54, 1.807) is 11.4 Å². The van der Waals surface area contributed by atoms with Crippen LogP contribution < -0.4 is 0 Å². The van der Waals surface area contributed by atoms with Gasteiger partial charge in [0.05, 0.1) is 9.86 Å². The fourth-order valence-corrected chi connectivity index (χ4v) is 2.33. The molecule has 0 bridgehead atoms. The van der Waals surface area contributed by atoms with Crippen molar-refractivity contribution in [2.75, 3.05) is 0 Å². The van der Waals surface area contributed by atoms with Gasteiger partial charge in [-0.1, -0.05) is 13.3 Å². The van der Waals surface area contributed by atoms with Gasteiger partial charge in [0.1, 0.15) is 5.92 Å². The molecule has 0 amide bonds. The average molecular weight is 272 g/mol. The minimum Gasteiger partial charge on any atom is -0.293 e. The van der Waals surface area contributed by atoms with Crippen molar-refractivity contribution in [3.63, 3.8) is 0 Å². The van der Waals surface area contributed by atoms with Crippen molar-refractivity contribution in [3.05, 3.63) is 20.8 Å². The molecule has 0 saturated carbocycles. The van der Waals surface area contributed by atoms with E-state index in [9.17, 15) is 4.79 Å². The molecule has 0 aliphatic heterocycles. The molecule has 0 fully saturated rings. The molecule has 14 heavy (non-hydrogen) atoms. The zero-order valence-corrected chi connectivity index (χ0v) is 10.2. The first-order valence-corrected chi connectivity index (χ1v) is 6.04. The van der Waals surface area contributed by atoms with Crippen LogP contribution in [0.25, 0.3) is 0 Å². The minimum absolute atomic E-state index is 0.0590. The van der Waals surface area contributed by atoms with E-state index >= 15 is 0 Å². The van der Waals surface area contributed by atoms with Crippen LogP contribution in [0.3, 0.4) is 0 Å². The second-order valence-corrected chi connectivity index (χ2v) is 5.26. The van der Waals surface area contributed by atoms with Gasteiger partial charge in [-0.2, -0.15) is 5.26 Å². The van der Waals surface area contributed by atoms with Crippen LogP contribution in [0.5, 0.6) is 0 Å². The van der Waals surface area contributed by atoms with Gasteiger partial charge in [0.25, 0.3) is 0 Å². The standard InChI is InChI=1S/C10H10BrNOS/c1-2-3-7(5-12)10(13)8-4-9(11)14-6-8/h4,6-7H,2-3H2,1H3. The van der Waals surface area contributed by atoms with Crippen LogP contribution >= 0.6 is 27.3 Å². The van der Waals surface area contributed by atoms with Crippen molar-refractivity contribution < 1.29 is 4.79 Å². The first-order valence-electron chi connectivity index (χ1n) is 4.37. The molecule has 1 rings (SSSR count). The number of hydrogen-bond acceptors (Lipinski definition) is 3. The lowest BCUT2D eigenvalue weighted by molar-refractivity contribution is 0.0944. The molecule has 0 aromatic carbocycles. The number of Topliss-reactive ketones (excluding diaryl/α,β-unsaturated/α-hetero) is 1. The molecule has 1 aromatic rings. The highest BCUT2D eigenvalue weighted by atomic mass is 79.9. The number of hydrogen-bond donors (Lipinski definition) is 0. The van der Waals surface area contributed by atoms with E-state index in [1.807, 2.05) is 6.92 Å². The Kier molecular flexibility index (Phi) is 4.30. The average Bonchev–Trinajstić information content (AvgIpc) is 2.60. The highest BCUT2D eigenvalue weighted by Gasteiger charge is 2.19. The smallest absolute Gasteiger partial charge is 0.180 e. The lowest BCUT2D eigenvalue weighted by atomic mass is 9.97. The van der Waals surface area contributed by atoms with Crippen LogP contribution in [0.15, 0.2) is 15.2 Å². The van der Waals surface area contributed by atoms with Gasteiger partial charge in [0.2, 0.25) is 0 Å². The van der Waals surface area contributed by atoms with Gasteiger partial charge in [0.15, 0.2) is 5.78 Å². The number of rotatable bonds is 4. The van der Waals surface area contributed by atoms with E-state index in [1.165, 1.54) is 11.3 Å². The molecule has 1 aromatic heterocycles. The third kappa shape index (κ3) is 2.66. The van der Waals surface area contributed by atoms with Gasteiger partial charge < -0.3 is 0 Å². The number of nitrogens with zero attached hydrogens (tertiary/aromatic N) is 1. The Hall–Kier alpha value is -0.660. The molecular formula is C10H10BrNOS. The van der Waals surface area contributed by atoms with E-state index < -0.39 is 5.92 Å². The van der Waals surface area contributed by atoms with Gasteiger partial charge in [0, 0.05) is 10.9 Å². The van der Waals surface area contributed by atoms with Crippen molar-refractivity contribution in [2.45, 2.75) is 19.8 Å². The van der Waals surface area contributed by atoms with Crippen molar-refractivity contribution >= 4 is 33.0 Å². The summed E-state index contributed by atoms with van der Waals surface area (Å²) in [7, 11) is 0. The van der Waals surface area contributed by atoms with Crippen molar-refractivity contribution in [1.82, 2.24) is 0 Å². The lowest BCUT2D eigenvalue weighted by Gasteiger charge is -2.03. The maximum absolute atomic E-state index is 11.7. The van der Waals surface area contributed by atoms with Crippen molar-refractivity contribution in [2.24, 2.45) is 5.92 Å². The van der Waals surface area contributed by atoms with Crippen LogP contribution in [0.2, 0.25) is 0 Å². The van der Waals surface area contributed by atoms with E-state index in [4.69, 9.17) is 5.26 Å². The van der Waals surface area contributed by atoms with E-state index in [-0.39, 0.29) is 5.78 Å². The summed E-state index contributed by atoms with van der Waals surface area (Å²) in [5.41, 5.74) is 0.641. The number of halogens is 1. The Bertz CT molecular complexity index is 366. The topological polar surface area (TPSA) is 40.9 Å². The number of carbonyl (C=O) groups is 1. The molecule has 0 aliphatic rings. The Morgan fingerprint density at radius 1 is 1.79 bits per heavy atom. The fourth-order valence-electron chi connectivity index (χ4n) is 1.18. The largest absolute Gasteiger partial charge is 0.293 e. The van der Waals surface area contributed by atoms with Crippen LogP contribution in [0.1, 0.15) is 30.1 Å². The first-order chi connectivity index (χ1) is 6.69. The first kappa shape index (κ1) is 11.4. The maximum atomic E-state index is 11.7. The molecule has 0 aliphatic carbocycles. The van der Waals surface area contributed by atoms with Crippen LogP contribution in [-0.2, 0) is 0 Å². The Balaban J connectivity index is 2.79. The number of thiophene rings is 1. The second kappa shape index (κ2) is 5.28. The van der Waals surface area contributed by atoms with Crippen LogP contribution in [0.4, 0.5) is 0 Å². The Morgan fingerprint density at radius 3 is 2.93 bits per heavy atom. The molecule has 0 radical (unpaired) electrons. The Labute approximate surface area is 95.7 Å². The molecule has 1 heterocycles. The summed E-state index contributed by atoms with van der Waals surface area (Å²) in [6.45, 7) is 1.97. The summed E-state index contributed by atoms with van der Waals surface area (Å²) in [6.07, 6.45) is 1.50. The molecule has 1 atom stereocenters. The SMILES string of the molecule is CCCC(C#N)C(=O)c1csc(Br)c1. The van der Waals surface area contributed by atoms with E-state index in [0.717, 1.165) is 10.2 Å². The van der Waals surface area contributed by atoms with Gasteiger partial charge in [-0.15, -0.1) is 11.3 Å². The highest BCUT2D eigenvalue weighted by molar-refractivity contribution is 9.11. The molecule has 1 unspecified atom stereocenters. The second-order valence-electron chi connectivity index (χ2n) is 2.97. The Morgan fingerprint density at radius 2 is 2.50 bits per heavy atom. The molecular weight excluding hydrogens is 262 g/mol. The molecule has 0 N–H and O–H groups in total. The van der Waals surface area contributed by atoms with Crippen molar-refractivity contribution in [3.8, 4) is 6.07 Å². The highest BCUT2D eigenvalue weighted by Crippen LogP contribution is 2.23. The predicted octanol–water partition coefficient (Wildman–Crippen LogP) is 3.63. The van der Waals surface area contributed by atoms with Gasteiger partial charge in [-0.05, 0) is 28.4 Å². The summed E-state index contributed by atoms with van der Waals surface area (Å²) in [4.78, 5) is 11.7. The van der Waals surface area contributed by atoms with Crippen LogP contribution in [0, 0.1) is 17.2 Å². The lowest BCUT2D eigenvalue weighted by Crippen LogP contribution is -2.11. The third-order valence-corrected chi connectivity index (χ3v) is 3.41. The number of carbonyl (C=O) groups excluding carboxylic acids is 1. The molecule has 74 valence electrons. The van der Waals surface area contributed by atoms with Crippen molar-refractivity contribution in [1.29, 1.82) is 5.26 Å². The van der Waals surface area contributed by atoms with Gasteiger partial charge in [-0.3, -0.25) is 4.79 Å². The molecule has 2 nitrogen and oxygen atoms in total. The summed E-state index contributed by atoms with van der Waals surface area (Å²) >= 11 is 4.76. The minimum atomic E-state index is -0.485. The van der Waals surface area contributed by atoms with Crippen LogP contribution in [-0.4, -0.2) is 5.78 Å². The monoisotopic (exact) mass is 271 g/mol. The number of ketones is 1. The summed E-state index contributed by atoms with van der Waals surface area (Å²) in [5, 5.41) is 10.6. The molecule has 0 saturated heterocycles. The zero-order valence-electron chi connectivity index (χ0n) is 7.79. The van der Waals surface area contributed by atoms with E-state index in [2.05, 4.69) is 22.0 Å². The summed E-state index contributed by atoms with van der Waals surface area (Å²) in [5.74, 6) is -0.544. The van der Waals surface area contributed by atoms with E-state index in [0.29, 0.717) is 12.0 Å². The quantitative estimate of drug-likeness (QED) is 0.785. The zero-order chi connectivity index (χ0) is 10.6. The van der Waals surface area contributed by atoms with Gasteiger partial charge in [-0.25, -0.2) is 0 Å². The molecule has 4 heteroatoms. The fraction of sp³-hybridized carbons (Fsp3) is 0.400. The van der Waals surface area contributed by atoms with Gasteiger partial charge >= 0.3 is 0 Å². The predicted molar refractivity (Wildman–Crippen MR) is 60.4 cm³/mol. The summed E-state index contributed by atoms with van der Waals surface area (Å²) in [6, 6.07) is 3.82. The number of nitriles is 1.